The van der Waals surface area contributed by atoms with E-state index in [9.17, 15) is 43.5 Å². The lowest BCUT2D eigenvalue weighted by Gasteiger charge is -2.21. The molecule has 5 unspecified atom stereocenters. The Balaban J connectivity index is 4.52. The Bertz CT molecular complexity index is 2720. The molecule has 5 atom stereocenters. The Kier molecular flexibility index (Phi) is 84.7. The van der Waals surface area contributed by atoms with Crippen LogP contribution in [0.15, 0.2) is 158 Å². The lowest BCUT2D eigenvalue weighted by atomic mass is 10.0. The highest BCUT2D eigenvalue weighted by Gasteiger charge is 2.29. The van der Waals surface area contributed by atoms with E-state index < -0.39 is 91.5 Å². The first-order valence-electron chi connectivity index (χ1n) is 45.8. The highest BCUT2D eigenvalue weighted by atomic mass is 31.2. The quantitative estimate of drug-likeness (QED) is 0.0146. The molecule has 0 spiro atoms. The molecule has 18 heteroatoms. The molecular weight excluding hydrogens is 1480 g/mol. The van der Waals surface area contributed by atoms with Crippen LogP contribution in [0, 0.1) is 0 Å². The number of allylic oxidation sites excluding steroid dienone is 26. The Hall–Kier alpha value is -4.83. The first kappa shape index (κ1) is 110. The smallest absolute Gasteiger partial charge is 0.463 e. The number of rotatable bonds is 86. The first-order valence-corrected chi connectivity index (χ1v) is 48.8. The minimum absolute atomic E-state index is 0.0742. The fourth-order valence-electron chi connectivity index (χ4n) is 12.3. The summed E-state index contributed by atoms with van der Waals surface area (Å²) in [4.78, 5) is 58.9. The molecule has 0 aromatic carbocycles. The summed E-state index contributed by atoms with van der Waals surface area (Å²) in [5.74, 6) is -1.59. The monoisotopic (exact) mass is 1650 g/mol. The van der Waals surface area contributed by atoms with Gasteiger partial charge >= 0.3 is 33.6 Å². The predicted octanol–water partition coefficient (Wildman–Crippen LogP) is 28.1. The number of phosphoric ester groups is 2. The zero-order valence-electron chi connectivity index (χ0n) is 72.7. The number of ether oxygens (including phenoxy) is 3. The second-order valence-electron chi connectivity index (χ2n) is 30.3. The van der Waals surface area contributed by atoms with Crippen molar-refractivity contribution in [1.82, 2.24) is 0 Å². The molecule has 115 heavy (non-hydrogen) atoms. The average Bonchev–Trinajstić information content (AvgIpc) is 0.903. The third kappa shape index (κ3) is 89.8. The third-order valence-corrected chi connectivity index (χ3v) is 21.1. The van der Waals surface area contributed by atoms with Crippen LogP contribution in [0.4, 0.5) is 0 Å². The average molecular weight is 1650 g/mol. The van der Waals surface area contributed by atoms with Crippen LogP contribution in [0.2, 0.25) is 0 Å². The SMILES string of the molecule is CC/C=C\C/C=C\C/C=C\C/C=C\C/C=C\CCCCCCCCCCCCCCCCCC(=O)OCC(O)COP(=O)(O)OCC(O)COP(=O)(O)OCC(COC(=O)CCCCCCCCCCCCCCCCC/C=C\C/C=C\C/C=C\C/C=C\CCCCC)OC(=O)CCCCCC/C=C\C/C=C\C/C=C\C/C=C\CC. The van der Waals surface area contributed by atoms with Crippen molar-refractivity contribution in [2.75, 3.05) is 39.6 Å². The lowest BCUT2D eigenvalue weighted by Crippen LogP contribution is -2.30. The van der Waals surface area contributed by atoms with E-state index in [1.807, 2.05) is 0 Å². The largest absolute Gasteiger partial charge is 0.472 e. The Morgan fingerprint density at radius 1 is 0.252 bits per heavy atom. The fraction of sp³-hybridized carbons (Fsp3) is 0.701. The molecule has 0 aliphatic rings. The molecule has 660 valence electrons. The van der Waals surface area contributed by atoms with Crippen LogP contribution in [0.5, 0.6) is 0 Å². The molecule has 0 aliphatic carbocycles. The van der Waals surface area contributed by atoms with Gasteiger partial charge in [0.05, 0.1) is 26.4 Å². The molecule has 16 nitrogen and oxygen atoms in total. The van der Waals surface area contributed by atoms with Gasteiger partial charge in [-0.05, 0) is 148 Å². The predicted molar refractivity (Wildman–Crippen MR) is 482 cm³/mol. The van der Waals surface area contributed by atoms with E-state index in [1.54, 1.807) is 0 Å². The topological polar surface area (TPSA) is 231 Å². The van der Waals surface area contributed by atoms with E-state index in [0.29, 0.717) is 19.3 Å². The van der Waals surface area contributed by atoms with Gasteiger partial charge in [0.1, 0.15) is 25.4 Å². The van der Waals surface area contributed by atoms with E-state index in [1.165, 1.54) is 180 Å². The van der Waals surface area contributed by atoms with Crippen molar-refractivity contribution in [3.8, 4) is 0 Å². The van der Waals surface area contributed by atoms with Crippen molar-refractivity contribution < 1.29 is 75.8 Å². The van der Waals surface area contributed by atoms with Gasteiger partial charge in [-0.3, -0.25) is 32.5 Å². The number of unbranched alkanes of at least 4 members (excludes halogenated alkanes) is 37. The summed E-state index contributed by atoms with van der Waals surface area (Å²) in [7, 11) is -9.81. The van der Waals surface area contributed by atoms with Gasteiger partial charge in [0, 0.05) is 19.3 Å². The van der Waals surface area contributed by atoms with Crippen LogP contribution in [0.1, 0.15) is 380 Å². The Labute approximate surface area is 701 Å². The minimum atomic E-state index is -4.95. The van der Waals surface area contributed by atoms with E-state index >= 15 is 0 Å². The highest BCUT2D eigenvalue weighted by molar-refractivity contribution is 7.47. The van der Waals surface area contributed by atoms with Gasteiger partial charge in [-0.25, -0.2) is 9.13 Å². The van der Waals surface area contributed by atoms with Gasteiger partial charge in [-0.2, -0.15) is 0 Å². The highest BCUT2D eigenvalue weighted by Crippen LogP contribution is 2.45. The molecule has 0 radical (unpaired) electrons. The standard InChI is InChI=1S/C97H166O16P2/c1-4-7-10-13-16-19-22-25-28-31-33-35-37-39-41-43-45-47-49-51-53-55-57-60-62-65-68-71-74-77-80-83-95(100)107-86-92(98)87-109-114(103,104)110-88-93(99)89-111-115(105,106)112-91-94(113-97(102)85-82-79-76-73-70-67-64-59-30-27-24-21-18-15-12-9-6-3)90-108-96(101)84-81-78-75-72-69-66-63-61-58-56-54-52-50-48-46-44-42-40-38-36-34-32-29-26-23-20-17-14-11-8-5-2/h7,9-10,12,16-21,25-30,33-36,39-42,64,67,92-94,98-99H,4-6,8,11,13-15,22-24,31-32,37-38,43-63,65-66,68-91H2,1-3H3,(H,103,104)(H,105,106)/b10-7-,12-9-,19-16-,20-17-,21-18-,28-25-,29-26-,30-27-,35-33-,36-34-,41-39-,42-40-,67-64-. The number of carbonyl (C=O) groups is 3. The second-order valence-corrected chi connectivity index (χ2v) is 33.2. The van der Waals surface area contributed by atoms with Crippen molar-refractivity contribution in [2.24, 2.45) is 0 Å². The maximum atomic E-state index is 13.0. The zero-order valence-corrected chi connectivity index (χ0v) is 74.5. The summed E-state index contributed by atoms with van der Waals surface area (Å²) < 4.78 is 61.4. The molecule has 0 saturated carbocycles. The number of aliphatic hydroxyl groups excluding tert-OH is 2. The lowest BCUT2D eigenvalue weighted by molar-refractivity contribution is -0.161. The first-order chi connectivity index (χ1) is 56.2. The molecule has 0 aromatic rings. The molecule has 0 saturated heterocycles. The summed E-state index contributed by atoms with van der Waals surface area (Å²) in [5, 5.41) is 20.7. The van der Waals surface area contributed by atoms with Gasteiger partial charge in [-0.15, -0.1) is 0 Å². The molecule has 0 bridgehead atoms. The Morgan fingerprint density at radius 3 is 0.730 bits per heavy atom. The van der Waals surface area contributed by atoms with Gasteiger partial charge < -0.3 is 34.2 Å². The van der Waals surface area contributed by atoms with Crippen molar-refractivity contribution in [3.63, 3.8) is 0 Å². The van der Waals surface area contributed by atoms with Crippen LogP contribution < -0.4 is 0 Å². The maximum Gasteiger partial charge on any atom is 0.472 e. The van der Waals surface area contributed by atoms with E-state index in [2.05, 4.69) is 179 Å². The molecule has 0 heterocycles. The fourth-order valence-corrected chi connectivity index (χ4v) is 13.9. The zero-order chi connectivity index (χ0) is 83.6. The molecule has 4 N–H and O–H groups in total. The molecular formula is C97H166O16P2. The van der Waals surface area contributed by atoms with E-state index in [-0.39, 0.29) is 19.3 Å². The number of esters is 3. The van der Waals surface area contributed by atoms with Gasteiger partial charge in [0.15, 0.2) is 6.10 Å². The molecule has 0 rings (SSSR count). The molecule has 0 aliphatic heterocycles. The van der Waals surface area contributed by atoms with Crippen molar-refractivity contribution >= 4 is 33.6 Å². The van der Waals surface area contributed by atoms with Gasteiger partial charge in [0.25, 0.3) is 0 Å². The maximum absolute atomic E-state index is 13.0. The number of hydrogen-bond donors (Lipinski definition) is 4. The number of hydrogen-bond acceptors (Lipinski definition) is 14. The van der Waals surface area contributed by atoms with Gasteiger partial charge in [0.2, 0.25) is 0 Å². The van der Waals surface area contributed by atoms with Crippen molar-refractivity contribution in [3.05, 3.63) is 158 Å². The van der Waals surface area contributed by atoms with Crippen LogP contribution in [-0.4, -0.2) is 95.9 Å². The molecule has 0 fully saturated rings. The van der Waals surface area contributed by atoms with Crippen LogP contribution in [0.25, 0.3) is 0 Å². The summed E-state index contributed by atoms with van der Waals surface area (Å²) in [6, 6.07) is 0. The molecule has 0 aromatic heterocycles. The summed E-state index contributed by atoms with van der Waals surface area (Å²) >= 11 is 0. The van der Waals surface area contributed by atoms with E-state index in [0.717, 1.165) is 141 Å². The summed E-state index contributed by atoms with van der Waals surface area (Å²) in [6.45, 7) is 2.44. The summed E-state index contributed by atoms with van der Waals surface area (Å²) in [5.41, 5.74) is 0. The van der Waals surface area contributed by atoms with Crippen LogP contribution in [0.3, 0.4) is 0 Å². The normalized spacial score (nSPS) is 14.5. The number of aliphatic hydroxyl groups is 2. The van der Waals surface area contributed by atoms with Crippen molar-refractivity contribution in [2.45, 2.75) is 399 Å². The van der Waals surface area contributed by atoms with E-state index in [4.69, 9.17) is 32.3 Å². The molecule has 0 amide bonds. The Morgan fingerprint density at radius 2 is 0.461 bits per heavy atom. The van der Waals surface area contributed by atoms with Gasteiger partial charge in [-0.1, -0.05) is 371 Å². The number of carbonyl (C=O) groups excluding carboxylic acids is 3. The van der Waals surface area contributed by atoms with Crippen LogP contribution in [-0.2, 0) is 55.8 Å². The number of phosphoric acid groups is 2. The second kappa shape index (κ2) is 88.5. The van der Waals surface area contributed by atoms with Crippen LogP contribution >= 0.6 is 15.6 Å². The third-order valence-electron chi connectivity index (χ3n) is 19.2. The summed E-state index contributed by atoms with van der Waals surface area (Å²) in [6.07, 6.45) is 113. The van der Waals surface area contributed by atoms with Crippen molar-refractivity contribution in [1.29, 1.82) is 0 Å². The minimum Gasteiger partial charge on any atom is -0.463 e.